The third kappa shape index (κ3) is 3.09. The second kappa shape index (κ2) is 5.35. The minimum Gasteiger partial charge on any atom is -0.479 e. The summed E-state index contributed by atoms with van der Waals surface area (Å²) >= 11 is 11.7. The molecule has 15 heavy (non-hydrogen) atoms. The van der Waals surface area contributed by atoms with E-state index in [9.17, 15) is 4.79 Å². The quantitative estimate of drug-likeness (QED) is 0.892. The van der Waals surface area contributed by atoms with Crippen LogP contribution in [0.25, 0.3) is 0 Å². The van der Waals surface area contributed by atoms with Gasteiger partial charge in [-0.1, -0.05) is 35.3 Å². The normalized spacial score (nSPS) is 12.5. The number of rotatable bonds is 4. The zero-order chi connectivity index (χ0) is 11.4. The largest absolute Gasteiger partial charge is 0.479 e. The Kier molecular flexibility index (Phi) is 4.39. The highest BCUT2D eigenvalue weighted by Gasteiger charge is 2.18. The highest BCUT2D eigenvalue weighted by Crippen LogP contribution is 2.26. The lowest BCUT2D eigenvalue weighted by Gasteiger charge is -2.11. The molecule has 0 saturated heterocycles. The maximum absolute atomic E-state index is 10.7. The predicted octanol–water partition coefficient (Wildman–Crippen LogP) is 2.64. The molecule has 0 radical (unpaired) electrons. The summed E-state index contributed by atoms with van der Waals surface area (Å²) in [6, 6.07) is 5.09. The topological polar surface area (TPSA) is 46.5 Å². The summed E-state index contributed by atoms with van der Waals surface area (Å²) in [4.78, 5) is 10.7. The molecule has 1 rings (SSSR count). The molecule has 1 aromatic rings. The molecule has 0 fully saturated rings. The first-order valence-electron chi connectivity index (χ1n) is 4.24. The van der Waals surface area contributed by atoms with Gasteiger partial charge in [0.05, 0.1) is 10.0 Å². The van der Waals surface area contributed by atoms with Gasteiger partial charge >= 0.3 is 5.97 Å². The van der Waals surface area contributed by atoms with E-state index in [0.29, 0.717) is 15.6 Å². The van der Waals surface area contributed by atoms with Crippen molar-refractivity contribution < 1.29 is 14.6 Å². The van der Waals surface area contributed by atoms with E-state index in [1.54, 1.807) is 18.2 Å². The van der Waals surface area contributed by atoms with Crippen LogP contribution in [0.2, 0.25) is 10.0 Å². The van der Waals surface area contributed by atoms with Crippen LogP contribution in [0, 0.1) is 0 Å². The lowest BCUT2D eigenvalue weighted by molar-refractivity contribution is -0.148. The maximum atomic E-state index is 10.7. The van der Waals surface area contributed by atoms with Crippen molar-refractivity contribution in [1.29, 1.82) is 0 Å². The van der Waals surface area contributed by atoms with E-state index >= 15 is 0 Å². The number of methoxy groups -OCH3 is 1. The van der Waals surface area contributed by atoms with E-state index in [4.69, 9.17) is 33.0 Å². The van der Waals surface area contributed by atoms with E-state index < -0.39 is 12.1 Å². The average molecular weight is 249 g/mol. The number of carboxylic acid groups (broad SMARTS) is 1. The summed E-state index contributed by atoms with van der Waals surface area (Å²) in [5.74, 6) is -1.02. The van der Waals surface area contributed by atoms with Crippen LogP contribution < -0.4 is 0 Å². The molecular weight excluding hydrogens is 239 g/mol. The number of hydrogen-bond donors (Lipinski definition) is 1. The minimum atomic E-state index is -1.02. The van der Waals surface area contributed by atoms with Gasteiger partial charge in [0.25, 0.3) is 0 Å². The highest BCUT2D eigenvalue weighted by molar-refractivity contribution is 6.42. The van der Waals surface area contributed by atoms with Gasteiger partial charge in [0.2, 0.25) is 0 Å². The van der Waals surface area contributed by atoms with Gasteiger partial charge < -0.3 is 9.84 Å². The zero-order valence-electron chi connectivity index (χ0n) is 8.04. The summed E-state index contributed by atoms with van der Waals surface area (Å²) in [6.45, 7) is 0. The number of benzene rings is 1. The molecule has 0 spiro atoms. The van der Waals surface area contributed by atoms with Crippen LogP contribution >= 0.6 is 23.2 Å². The van der Waals surface area contributed by atoms with Gasteiger partial charge in [0.15, 0.2) is 6.10 Å². The molecule has 0 aliphatic carbocycles. The van der Waals surface area contributed by atoms with Crippen molar-refractivity contribution in [3.8, 4) is 0 Å². The number of hydrogen-bond acceptors (Lipinski definition) is 2. The highest BCUT2D eigenvalue weighted by atomic mass is 35.5. The van der Waals surface area contributed by atoms with Crippen LogP contribution in [-0.4, -0.2) is 24.3 Å². The Balaban J connectivity index is 2.88. The molecule has 82 valence electrons. The maximum Gasteiger partial charge on any atom is 0.333 e. The smallest absolute Gasteiger partial charge is 0.333 e. The minimum absolute atomic E-state index is 0.200. The summed E-state index contributed by atoms with van der Waals surface area (Å²) in [5.41, 5.74) is 0.665. The second-order valence-corrected chi connectivity index (χ2v) is 3.76. The molecule has 5 heteroatoms. The van der Waals surface area contributed by atoms with Crippen molar-refractivity contribution in [3.63, 3.8) is 0 Å². The SMILES string of the molecule is COC(Cc1cccc(Cl)c1Cl)C(=O)O. The van der Waals surface area contributed by atoms with Gasteiger partial charge in [0, 0.05) is 13.5 Å². The van der Waals surface area contributed by atoms with Crippen molar-refractivity contribution in [2.24, 2.45) is 0 Å². The van der Waals surface area contributed by atoms with E-state index in [2.05, 4.69) is 0 Å². The Morgan fingerprint density at radius 2 is 2.20 bits per heavy atom. The molecule has 0 aliphatic heterocycles. The molecule has 1 unspecified atom stereocenters. The van der Waals surface area contributed by atoms with Crippen molar-refractivity contribution >= 4 is 29.2 Å². The first-order valence-corrected chi connectivity index (χ1v) is 5.00. The van der Waals surface area contributed by atoms with Gasteiger partial charge in [-0.2, -0.15) is 0 Å². The summed E-state index contributed by atoms with van der Waals surface area (Å²) < 4.78 is 4.81. The molecule has 0 amide bonds. The Morgan fingerprint density at radius 1 is 1.53 bits per heavy atom. The number of carbonyl (C=O) groups is 1. The first kappa shape index (κ1) is 12.3. The van der Waals surface area contributed by atoms with Crippen LogP contribution in [0.3, 0.4) is 0 Å². The lowest BCUT2D eigenvalue weighted by Crippen LogP contribution is -2.24. The van der Waals surface area contributed by atoms with E-state index in [1.807, 2.05) is 0 Å². The van der Waals surface area contributed by atoms with Crippen molar-refractivity contribution in [2.45, 2.75) is 12.5 Å². The Hall–Kier alpha value is -0.770. The molecule has 0 saturated carbocycles. The van der Waals surface area contributed by atoms with Gasteiger partial charge in [-0.05, 0) is 11.6 Å². The fourth-order valence-electron chi connectivity index (χ4n) is 1.18. The molecule has 1 aromatic carbocycles. The van der Waals surface area contributed by atoms with Gasteiger partial charge in [-0.25, -0.2) is 4.79 Å². The van der Waals surface area contributed by atoms with Crippen LogP contribution in [-0.2, 0) is 16.0 Å². The number of aliphatic carboxylic acids is 1. The van der Waals surface area contributed by atoms with Crippen LogP contribution in [0.5, 0.6) is 0 Å². The number of halogens is 2. The first-order chi connectivity index (χ1) is 7.06. The second-order valence-electron chi connectivity index (χ2n) is 2.98. The van der Waals surface area contributed by atoms with Gasteiger partial charge in [-0.3, -0.25) is 0 Å². The molecule has 0 aromatic heterocycles. The molecule has 1 N–H and O–H groups in total. The van der Waals surface area contributed by atoms with Gasteiger partial charge in [-0.15, -0.1) is 0 Å². The molecule has 1 atom stereocenters. The summed E-state index contributed by atoms with van der Waals surface area (Å²) in [5, 5.41) is 9.58. The monoisotopic (exact) mass is 248 g/mol. The van der Waals surface area contributed by atoms with E-state index in [-0.39, 0.29) is 6.42 Å². The number of ether oxygens (including phenoxy) is 1. The van der Waals surface area contributed by atoms with Crippen molar-refractivity contribution in [1.82, 2.24) is 0 Å². The molecule has 3 nitrogen and oxygen atoms in total. The Labute approximate surface area is 97.6 Å². The summed E-state index contributed by atoms with van der Waals surface area (Å²) in [6.07, 6.45) is -0.702. The number of carboxylic acids is 1. The Bertz CT molecular complexity index is 366. The molecular formula is C10H10Cl2O3. The third-order valence-corrected chi connectivity index (χ3v) is 2.85. The predicted molar refractivity (Wildman–Crippen MR) is 58.6 cm³/mol. The van der Waals surface area contributed by atoms with Gasteiger partial charge in [0.1, 0.15) is 0 Å². The molecule has 0 heterocycles. The fraction of sp³-hybridized carbons (Fsp3) is 0.300. The van der Waals surface area contributed by atoms with E-state index in [1.165, 1.54) is 7.11 Å². The summed E-state index contributed by atoms with van der Waals surface area (Å²) in [7, 11) is 1.34. The average Bonchev–Trinajstić information content (AvgIpc) is 2.19. The van der Waals surface area contributed by atoms with Crippen LogP contribution in [0.1, 0.15) is 5.56 Å². The van der Waals surface area contributed by atoms with Crippen LogP contribution in [0.15, 0.2) is 18.2 Å². The van der Waals surface area contributed by atoms with Crippen molar-refractivity contribution in [2.75, 3.05) is 7.11 Å². The Morgan fingerprint density at radius 3 is 2.73 bits per heavy atom. The lowest BCUT2D eigenvalue weighted by atomic mass is 10.1. The molecule has 0 aliphatic rings. The van der Waals surface area contributed by atoms with Crippen molar-refractivity contribution in [3.05, 3.63) is 33.8 Å². The van der Waals surface area contributed by atoms with E-state index in [0.717, 1.165) is 0 Å². The fourth-order valence-corrected chi connectivity index (χ4v) is 1.57. The zero-order valence-corrected chi connectivity index (χ0v) is 9.55. The molecule has 0 bridgehead atoms. The standard InChI is InChI=1S/C10H10Cl2O3/c1-15-8(10(13)14)5-6-3-2-4-7(11)9(6)12/h2-4,8H,5H2,1H3,(H,13,14). The van der Waals surface area contributed by atoms with Crippen LogP contribution in [0.4, 0.5) is 0 Å². The third-order valence-electron chi connectivity index (χ3n) is 2.00.